The van der Waals surface area contributed by atoms with Crippen LogP contribution in [0.2, 0.25) is 0 Å². The van der Waals surface area contributed by atoms with E-state index in [0.717, 1.165) is 0 Å². The van der Waals surface area contributed by atoms with Gasteiger partial charge in [-0.3, -0.25) is 0 Å². The summed E-state index contributed by atoms with van der Waals surface area (Å²) >= 11 is 0. The first kappa shape index (κ1) is 16.2. The molecule has 1 aromatic rings. The molecule has 0 heterocycles. The van der Waals surface area contributed by atoms with E-state index in [9.17, 15) is 23.1 Å². The SMILES string of the molecule is C=C(C[C@@](O)(C(=O)OCC)C(F)(F)F)c1ccccc1. The fourth-order valence-corrected chi connectivity index (χ4v) is 1.62. The maximum Gasteiger partial charge on any atom is 0.428 e. The number of carbonyl (C=O) groups excluding carboxylic acids is 1. The highest BCUT2D eigenvalue weighted by molar-refractivity contribution is 5.83. The molecule has 0 bridgehead atoms. The van der Waals surface area contributed by atoms with Gasteiger partial charge in [-0.25, -0.2) is 4.79 Å². The zero-order valence-corrected chi connectivity index (χ0v) is 10.9. The van der Waals surface area contributed by atoms with Crippen LogP contribution in [0.15, 0.2) is 36.9 Å². The maximum atomic E-state index is 13.0. The monoisotopic (exact) mass is 288 g/mol. The second kappa shape index (κ2) is 6.09. The summed E-state index contributed by atoms with van der Waals surface area (Å²) in [6, 6.07) is 8.03. The van der Waals surface area contributed by atoms with E-state index in [1.54, 1.807) is 30.3 Å². The maximum absolute atomic E-state index is 13.0. The van der Waals surface area contributed by atoms with E-state index in [-0.39, 0.29) is 12.2 Å². The van der Waals surface area contributed by atoms with Gasteiger partial charge in [-0.05, 0) is 18.1 Å². The summed E-state index contributed by atoms with van der Waals surface area (Å²) in [6.45, 7) is 4.61. The number of ether oxygens (including phenoxy) is 1. The molecule has 1 aromatic carbocycles. The van der Waals surface area contributed by atoms with Gasteiger partial charge in [0.25, 0.3) is 5.60 Å². The fraction of sp³-hybridized carbons (Fsp3) is 0.357. The van der Waals surface area contributed by atoms with Gasteiger partial charge in [0.05, 0.1) is 6.61 Å². The summed E-state index contributed by atoms with van der Waals surface area (Å²) in [4.78, 5) is 11.4. The summed E-state index contributed by atoms with van der Waals surface area (Å²) in [5, 5.41) is 9.72. The predicted octanol–water partition coefficient (Wildman–Crippen LogP) is 2.95. The van der Waals surface area contributed by atoms with Crippen molar-refractivity contribution in [2.45, 2.75) is 25.1 Å². The molecule has 6 heteroatoms. The van der Waals surface area contributed by atoms with Gasteiger partial charge in [0, 0.05) is 6.42 Å². The minimum absolute atomic E-state index is 0.00141. The van der Waals surface area contributed by atoms with E-state index in [4.69, 9.17) is 0 Å². The molecular weight excluding hydrogens is 273 g/mol. The standard InChI is InChI=1S/C14H15F3O3/c1-3-20-12(18)13(19,14(15,16)17)9-10(2)11-7-5-4-6-8-11/h4-8,19H,2-3,9H2,1H3/t13-/m1/s1. The highest BCUT2D eigenvalue weighted by atomic mass is 19.4. The number of hydrogen-bond acceptors (Lipinski definition) is 3. The zero-order valence-electron chi connectivity index (χ0n) is 10.9. The largest absolute Gasteiger partial charge is 0.464 e. The molecule has 110 valence electrons. The van der Waals surface area contributed by atoms with Crippen molar-refractivity contribution in [3.63, 3.8) is 0 Å². The van der Waals surface area contributed by atoms with Crippen LogP contribution in [0, 0.1) is 0 Å². The van der Waals surface area contributed by atoms with Crippen LogP contribution in [-0.4, -0.2) is 29.5 Å². The van der Waals surface area contributed by atoms with Crippen LogP contribution in [-0.2, 0) is 9.53 Å². The van der Waals surface area contributed by atoms with Crippen molar-refractivity contribution >= 4 is 11.5 Å². The average Bonchev–Trinajstić information content (AvgIpc) is 2.38. The van der Waals surface area contributed by atoms with Crippen molar-refractivity contribution in [2.75, 3.05) is 6.61 Å². The Hall–Kier alpha value is -1.82. The van der Waals surface area contributed by atoms with Crippen molar-refractivity contribution < 1.29 is 27.8 Å². The first-order valence-electron chi connectivity index (χ1n) is 5.92. The Labute approximate surface area is 114 Å². The van der Waals surface area contributed by atoms with Gasteiger partial charge in [0.1, 0.15) is 0 Å². The third-order valence-corrected chi connectivity index (χ3v) is 2.73. The molecule has 3 nitrogen and oxygen atoms in total. The number of benzene rings is 1. The topological polar surface area (TPSA) is 46.5 Å². The van der Waals surface area contributed by atoms with E-state index in [1.807, 2.05) is 0 Å². The molecule has 0 saturated heterocycles. The smallest absolute Gasteiger partial charge is 0.428 e. The Bertz CT molecular complexity index is 482. The molecule has 1 atom stereocenters. The number of halogens is 3. The summed E-state index contributed by atoms with van der Waals surface area (Å²) in [5.74, 6) is -1.72. The quantitative estimate of drug-likeness (QED) is 0.847. The van der Waals surface area contributed by atoms with Crippen LogP contribution in [0.1, 0.15) is 18.9 Å². The lowest BCUT2D eigenvalue weighted by atomic mass is 9.91. The summed E-state index contributed by atoms with van der Waals surface area (Å²) in [7, 11) is 0. The molecule has 0 aliphatic heterocycles. The van der Waals surface area contributed by atoms with E-state index >= 15 is 0 Å². The van der Waals surface area contributed by atoms with E-state index in [1.165, 1.54) is 6.92 Å². The molecule has 0 fully saturated rings. The van der Waals surface area contributed by atoms with Crippen molar-refractivity contribution in [1.82, 2.24) is 0 Å². The van der Waals surface area contributed by atoms with Crippen molar-refractivity contribution in [3.8, 4) is 0 Å². The molecule has 0 radical (unpaired) electrons. The fourth-order valence-electron chi connectivity index (χ4n) is 1.62. The molecular formula is C14H15F3O3. The number of hydrogen-bond donors (Lipinski definition) is 1. The van der Waals surface area contributed by atoms with Gasteiger partial charge in [-0.2, -0.15) is 13.2 Å². The van der Waals surface area contributed by atoms with Crippen molar-refractivity contribution in [3.05, 3.63) is 42.5 Å². The summed E-state index contributed by atoms with van der Waals surface area (Å²) in [5.41, 5.74) is -3.17. The minimum Gasteiger partial charge on any atom is -0.464 e. The molecule has 0 aliphatic carbocycles. The second-order valence-electron chi connectivity index (χ2n) is 4.22. The Morgan fingerprint density at radius 3 is 2.30 bits per heavy atom. The van der Waals surface area contributed by atoms with E-state index in [2.05, 4.69) is 11.3 Å². The number of esters is 1. The number of rotatable bonds is 5. The summed E-state index contributed by atoms with van der Waals surface area (Å²) in [6.07, 6.45) is -6.11. The van der Waals surface area contributed by atoms with Crippen LogP contribution in [0.25, 0.3) is 5.57 Å². The lowest BCUT2D eigenvalue weighted by molar-refractivity contribution is -0.260. The van der Waals surface area contributed by atoms with Crippen LogP contribution in [0.5, 0.6) is 0 Å². The van der Waals surface area contributed by atoms with E-state index < -0.39 is 24.2 Å². The Morgan fingerprint density at radius 2 is 1.85 bits per heavy atom. The normalized spacial score (nSPS) is 14.4. The molecule has 0 saturated carbocycles. The van der Waals surface area contributed by atoms with Crippen molar-refractivity contribution in [2.24, 2.45) is 0 Å². The average molecular weight is 288 g/mol. The van der Waals surface area contributed by atoms with Gasteiger partial charge in [0.2, 0.25) is 0 Å². The Balaban J connectivity index is 3.03. The van der Waals surface area contributed by atoms with Gasteiger partial charge in [-0.15, -0.1) is 0 Å². The van der Waals surface area contributed by atoms with Gasteiger partial charge < -0.3 is 9.84 Å². The lowest BCUT2D eigenvalue weighted by Gasteiger charge is -2.28. The number of carbonyl (C=O) groups is 1. The third-order valence-electron chi connectivity index (χ3n) is 2.73. The number of alkyl halides is 3. The van der Waals surface area contributed by atoms with Crippen LogP contribution >= 0.6 is 0 Å². The molecule has 0 spiro atoms. The predicted molar refractivity (Wildman–Crippen MR) is 67.7 cm³/mol. The zero-order chi connectivity index (χ0) is 15.4. The van der Waals surface area contributed by atoms with Crippen LogP contribution in [0.3, 0.4) is 0 Å². The molecule has 0 aliphatic rings. The van der Waals surface area contributed by atoms with Crippen LogP contribution in [0.4, 0.5) is 13.2 Å². The molecule has 1 N–H and O–H groups in total. The second-order valence-corrected chi connectivity index (χ2v) is 4.22. The lowest BCUT2D eigenvalue weighted by Crippen LogP contribution is -2.53. The Morgan fingerprint density at radius 1 is 1.30 bits per heavy atom. The highest BCUT2D eigenvalue weighted by Gasteiger charge is 2.60. The third kappa shape index (κ3) is 3.39. The first-order valence-corrected chi connectivity index (χ1v) is 5.92. The van der Waals surface area contributed by atoms with Gasteiger partial charge in [-0.1, -0.05) is 36.9 Å². The van der Waals surface area contributed by atoms with Gasteiger partial charge >= 0.3 is 12.1 Å². The van der Waals surface area contributed by atoms with Gasteiger partial charge in [0.15, 0.2) is 0 Å². The molecule has 1 rings (SSSR count). The first-order chi connectivity index (χ1) is 9.22. The van der Waals surface area contributed by atoms with E-state index in [0.29, 0.717) is 5.56 Å². The molecule has 0 amide bonds. The molecule has 0 unspecified atom stereocenters. The van der Waals surface area contributed by atoms with Crippen molar-refractivity contribution in [1.29, 1.82) is 0 Å². The Kier molecular flexibility index (Phi) is 4.94. The summed E-state index contributed by atoms with van der Waals surface area (Å²) < 4.78 is 43.2. The number of aliphatic hydroxyl groups is 1. The minimum atomic E-state index is -5.14. The molecule has 0 aromatic heterocycles. The highest BCUT2D eigenvalue weighted by Crippen LogP contribution is 2.38. The van der Waals surface area contributed by atoms with Crippen LogP contribution < -0.4 is 0 Å². The molecule has 20 heavy (non-hydrogen) atoms.